The van der Waals surface area contributed by atoms with Crippen molar-refractivity contribution in [3.8, 4) is 5.75 Å². The topological polar surface area (TPSA) is 114 Å². The van der Waals surface area contributed by atoms with E-state index in [1.807, 2.05) is 24.3 Å². The number of thiazole rings is 1. The van der Waals surface area contributed by atoms with E-state index < -0.39 is 5.82 Å². The van der Waals surface area contributed by atoms with E-state index in [9.17, 15) is 9.18 Å². The molecule has 168 valence electrons. The Labute approximate surface area is 193 Å². The third kappa shape index (κ3) is 6.20. The van der Waals surface area contributed by atoms with Crippen LogP contribution in [0.3, 0.4) is 0 Å². The number of anilines is 5. The second-order valence-corrected chi connectivity index (χ2v) is 7.99. The fourth-order valence-corrected chi connectivity index (χ4v) is 3.67. The summed E-state index contributed by atoms with van der Waals surface area (Å²) in [5.74, 6) is 1.29. The zero-order valence-corrected chi connectivity index (χ0v) is 18.6. The number of aromatic nitrogens is 4. The predicted molar refractivity (Wildman–Crippen MR) is 125 cm³/mol. The number of hydrogen-bond acceptors (Lipinski definition) is 9. The van der Waals surface area contributed by atoms with Crippen LogP contribution in [-0.2, 0) is 11.2 Å². The van der Waals surface area contributed by atoms with E-state index in [4.69, 9.17) is 4.74 Å². The first-order valence-electron chi connectivity index (χ1n) is 9.88. The Morgan fingerprint density at radius 1 is 1.03 bits per heavy atom. The molecule has 0 saturated carbocycles. The number of aryl methyl sites for hydroxylation is 1. The number of benzene rings is 2. The average molecular weight is 466 g/mol. The Hall–Kier alpha value is -4.12. The molecule has 2 aromatic carbocycles. The van der Waals surface area contributed by atoms with E-state index in [0.29, 0.717) is 28.5 Å². The van der Waals surface area contributed by atoms with Crippen molar-refractivity contribution in [1.29, 1.82) is 0 Å². The highest BCUT2D eigenvalue weighted by molar-refractivity contribution is 7.15. The molecule has 11 heteroatoms. The Kier molecular flexibility index (Phi) is 6.69. The van der Waals surface area contributed by atoms with Gasteiger partial charge in [0.25, 0.3) is 0 Å². The molecule has 2 aromatic heterocycles. The largest absolute Gasteiger partial charge is 0.497 e. The third-order valence-corrected chi connectivity index (χ3v) is 5.22. The van der Waals surface area contributed by atoms with Crippen LogP contribution in [0.4, 0.5) is 32.8 Å². The van der Waals surface area contributed by atoms with Crippen LogP contribution >= 0.6 is 11.3 Å². The van der Waals surface area contributed by atoms with Gasteiger partial charge in [0.15, 0.2) is 5.13 Å². The van der Waals surface area contributed by atoms with Crippen LogP contribution in [0.2, 0.25) is 0 Å². The summed E-state index contributed by atoms with van der Waals surface area (Å²) in [5, 5.41) is 9.37. The number of ether oxygens (including phenoxy) is 1. The lowest BCUT2D eigenvalue weighted by Gasteiger charge is -2.08. The summed E-state index contributed by atoms with van der Waals surface area (Å²) in [7, 11) is 1.61. The fourth-order valence-electron chi connectivity index (χ4n) is 2.87. The van der Waals surface area contributed by atoms with Crippen LogP contribution in [0.1, 0.15) is 10.7 Å². The molecule has 0 aliphatic heterocycles. The summed E-state index contributed by atoms with van der Waals surface area (Å²) >= 11 is 1.30. The van der Waals surface area contributed by atoms with Crippen molar-refractivity contribution >= 4 is 45.6 Å². The van der Waals surface area contributed by atoms with Crippen LogP contribution in [0, 0.1) is 12.7 Å². The van der Waals surface area contributed by atoms with Crippen LogP contribution in [0.5, 0.6) is 5.75 Å². The van der Waals surface area contributed by atoms with Gasteiger partial charge in [0.05, 0.1) is 13.5 Å². The van der Waals surface area contributed by atoms with Gasteiger partial charge < -0.3 is 15.4 Å². The first-order chi connectivity index (χ1) is 16.0. The van der Waals surface area contributed by atoms with E-state index in [2.05, 4.69) is 35.9 Å². The number of rotatable bonds is 8. The van der Waals surface area contributed by atoms with Crippen molar-refractivity contribution in [2.75, 3.05) is 23.1 Å². The molecule has 0 spiro atoms. The molecule has 0 bridgehead atoms. The monoisotopic (exact) mass is 465 g/mol. The van der Waals surface area contributed by atoms with Gasteiger partial charge in [0.1, 0.15) is 17.4 Å². The number of methoxy groups -OCH3 is 1. The molecule has 0 radical (unpaired) electrons. The first kappa shape index (κ1) is 22.1. The molecule has 0 saturated heterocycles. The number of hydrogen-bond donors (Lipinski definition) is 3. The minimum absolute atomic E-state index is 0.108. The minimum atomic E-state index is -0.412. The lowest BCUT2D eigenvalue weighted by atomic mass is 10.3. The van der Waals surface area contributed by atoms with Crippen molar-refractivity contribution < 1.29 is 13.9 Å². The SMILES string of the molecule is COc1ccc(Nc2nc(C)nc(Nc3ncc(CC(=O)Nc4cccc(F)c4)s3)n2)cc1. The Morgan fingerprint density at radius 3 is 2.52 bits per heavy atom. The standard InChI is InChI=1S/C22H20FN7O2S/c1-13-25-20(28-15-6-8-17(32-2)9-7-15)29-21(26-13)30-22-24-12-18(33-22)11-19(31)27-16-5-3-4-14(23)10-16/h3-10,12H,11H2,1-2H3,(H,27,31)(H2,24,25,26,28,29,30). The van der Waals surface area contributed by atoms with Gasteiger partial charge in [-0.15, -0.1) is 11.3 Å². The van der Waals surface area contributed by atoms with Gasteiger partial charge >= 0.3 is 0 Å². The van der Waals surface area contributed by atoms with Crippen molar-refractivity contribution in [3.63, 3.8) is 0 Å². The fraction of sp³-hybridized carbons (Fsp3) is 0.136. The quantitative estimate of drug-likeness (QED) is 0.350. The molecule has 0 aliphatic rings. The lowest BCUT2D eigenvalue weighted by molar-refractivity contribution is -0.115. The highest BCUT2D eigenvalue weighted by Crippen LogP contribution is 2.23. The maximum absolute atomic E-state index is 13.3. The molecular formula is C22H20FN7O2S. The maximum Gasteiger partial charge on any atom is 0.234 e. The summed E-state index contributed by atoms with van der Waals surface area (Å²) < 4.78 is 18.4. The normalized spacial score (nSPS) is 10.5. The van der Waals surface area contributed by atoms with Gasteiger partial charge in [0, 0.05) is 22.4 Å². The molecule has 2 heterocycles. The van der Waals surface area contributed by atoms with E-state index in [1.165, 1.54) is 29.5 Å². The van der Waals surface area contributed by atoms with Crippen molar-refractivity contribution in [1.82, 2.24) is 19.9 Å². The summed E-state index contributed by atoms with van der Waals surface area (Å²) in [6.45, 7) is 1.76. The van der Waals surface area contributed by atoms with Gasteiger partial charge in [-0.1, -0.05) is 6.07 Å². The van der Waals surface area contributed by atoms with Gasteiger partial charge in [-0.05, 0) is 49.4 Å². The molecule has 9 nitrogen and oxygen atoms in total. The minimum Gasteiger partial charge on any atom is -0.497 e. The molecule has 3 N–H and O–H groups in total. The number of nitrogens with zero attached hydrogens (tertiary/aromatic N) is 4. The van der Waals surface area contributed by atoms with Crippen LogP contribution in [0.25, 0.3) is 0 Å². The number of halogens is 1. The van der Waals surface area contributed by atoms with Gasteiger partial charge in [-0.3, -0.25) is 10.1 Å². The number of nitrogens with one attached hydrogen (secondary N) is 3. The summed E-state index contributed by atoms with van der Waals surface area (Å²) in [5.41, 5.74) is 1.20. The van der Waals surface area contributed by atoms with Gasteiger partial charge in [-0.2, -0.15) is 15.0 Å². The molecule has 33 heavy (non-hydrogen) atoms. The second kappa shape index (κ2) is 10.0. The summed E-state index contributed by atoms with van der Waals surface area (Å²) in [4.78, 5) is 30.2. The molecule has 0 atom stereocenters. The number of amides is 1. The molecular weight excluding hydrogens is 445 g/mol. The molecule has 0 unspecified atom stereocenters. The Bertz CT molecular complexity index is 1260. The van der Waals surface area contributed by atoms with Crippen molar-refractivity contribution in [3.05, 3.63) is 71.2 Å². The number of carbonyl (C=O) groups excluding carboxylic acids is 1. The van der Waals surface area contributed by atoms with Crippen LogP contribution in [-0.4, -0.2) is 33.0 Å². The van der Waals surface area contributed by atoms with Crippen molar-refractivity contribution in [2.24, 2.45) is 0 Å². The molecule has 0 aliphatic carbocycles. The summed E-state index contributed by atoms with van der Waals surface area (Å²) in [6.07, 6.45) is 1.71. The van der Waals surface area contributed by atoms with Gasteiger partial charge in [0.2, 0.25) is 17.8 Å². The maximum atomic E-state index is 13.3. The highest BCUT2D eigenvalue weighted by atomic mass is 32.1. The molecule has 4 aromatic rings. The van der Waals surface area contributed by atoms with Gasteiger partial charge in [-0.25, -0.2) is 9.37 Å². The van der Waals surface area contributed by atoms with Crippen molar-refractivity contribution in [2.45, 2.75) is 13.3 Å². The number of carbonyl (C=O) groups is 1. The van der Waals surface area contributed by atoms with E-state index >= 15 is 0 Å². The Balaban J connectivity index is 1.39. The first-order valence-corrected chi connectivity index (χ1v) is 10.7. The zero-order chi connectivity index (χ0) is 23.2. The smallest absolute Gasteiger partial charge is 0.234 e. The van der Waals surface area contributed by atoms with Crippen LogP contribution < -0.4 is 20.7 Å². The second-order valence-electron chi connectivity index (χ2n) is 6.88. The lowest BCUT2D eigenvalue weighted by Crippen LogP contribution is -2.13. The average Bonchev–Trinajstić information content (AvgIpc) is 3.20. The zero-order valence-electron chi connectivity index (χ0n) is 17.8. The molecule has 4 rings (SSSR count). The molecule has 1 amide bonds. The van der Waals surface area contributed by atoms with E-state index in [-0.39, 0.29) is 12.3 Å². The highest BCUT2D eigenvalue weighted by Gasteiger charge is 2.11. The van der Waals surface area contributed by atoms with E-state index in [1.54, 1.807) is 26.3 Å². The summed E-state index contributed by atoms with van der Waals surface area (Å²) in [6, 6.07) is 13.1. The van der Waals surface area contributed by atoms with E-state index in [0.717, 1.165) is 16.3 Å². The Morgan fingerprint density at radius 2 is 1.79 bits per heavy atom. The predicted octanol–water partition coefficient (Wildman–Crippen LogP) is 4.45. The van der Waals surface area contributed by atoms with Crippen LogP contribution in [0.15, 0.2) is 54.7 Å². The third-order valence-electron chi connectivity index (χ3n) is 4.31. The molecule has 0 fully saturated rings.